The summed E-state index contributed by atoms with van der Waals surface area (Å²) in [6.45, 7) is 2.11. The fourth-order valence-corrected chi connectivity index (χ4v) is 1.46. The van der Waals surface area contributed by atoms with E-state index in [1.54, 1.807) is 19.1 Å². The third-order valence-electron chi connectivity index (χ3n) is 1.96. The van der Waals surface area contributed by atoms with Crippen molar-refractivity contribution in [3.05, 3.63) is 28.7 Å². The molecule has 0 aliphatic carbocycles. The van der Waals surface area contributed by atoms with Gasteiger partial charge >= 0.3 is 5.97 Å². The maximum absolute atomic E-state index is 11.1. The van der Waals surface area contributed by atoms with Crippen LogP contribution in [-0.4, -0.2) is 30.4 Å². The van der Waals surface area contributed by atoms with Gasteiger partial charge < -0.3 is 14.6 Å². The van der Waals surface area contributed by atoms with E-state index in [1.165, 1.54) is 0 Å². The fourth-order valence-electron chi connectivity index (χ4n) is 1.19. The zero-order valence-electron chi connectivity index (χ0n) is 9.56. The van der Waals surface area contributed by atoms with Crippen molar-refractivity contribution < 1.29 is 19.4 Å². The van der Waals surface area contributed by atoms with Crippen LogP contribution >= 0.6 is 15.9 Å². The predicted octanol–water partition coefficient (Wildman–Crippen LogP) is 2.14. The van der Waals surface area contributed by atoms with Crippen molar-refractivity contribution in [2.24, 2.45) is 0 Å². The second-order valence-electron chi connectivity index (χ2n) is 3.43. The van der Waals surface area contributed by atoms with Gasteiger partial charge in [-0.25, -0.2) is 0 Å². The number of esters is 1. The minimum atomic E-state index is -0.849. The minimum absolute atomic E-state index is 0.0512. The molecule has 17 heavy (non-hydrogen) atoms. The third-order valence-corrected chi connectivity index (χ3v) is 2.49. The molecule has 0 saturated heterocycles. The highest BCUT2D eigenvalue weighted by Crippen LogP contribution is 2.16. The molecule has 0 heterocycles. The lowest BCUT2D eigenvalue weighted by Gasteiger charge is -2.11. The molecule has 0 fully saturated rings. The molecule has 4 nitrogen and oxygen atoms in total. The maximum atomic E-state index is 11.1. The zero-order valence-corrected chi connectivity index (χ0v) is 11.1. The van der Waals surface area contributed by atoms with E-state index in [1.807, 2.05) is 12.1 Å². The van der Waals surface area contributed by atoms with Gasteiger partial charge in [0.2, 0.25) is 0 Å². The van der Waals surface area contributed by atoms with E-state index in [0.717, 1.165) is 4.47 Å². The van der Waals surface area contributed by atoms with Crippen molar-refractivity contribution in [3.63, 3.8) is 0 Å². The van der Waals surface area contributed by atoms with Gasteiger partial charge in [0, 0.05) is 4.47 Å². The first-order chi connectivity index (χ1) is 8.11. The Labute approximate surface area is 109 Å². The molecule has 1 unspecified atom stereocenters. The van der Waals surface area contributed by atoms with Gasteiger partial charge in [0.05, 0.1) is 19.1 Å². The lowest BCUT2D eigenvalue weighted by Crippen LogP contribution is -2.22. The van der Waals surface area contributed by atoms with Gasteiger partial charge in [-0.15, -0.1) is 0 Å². The third kappa shape index (κ3) is 5.70. The summed E-state index contributed by atoms with van der Waals surface area (Å²) in [5.41, 5.74) is 0. The highest BCUT2D eigenvalue weighted by molar-refractivity contribution is 9.10. The minimum Gasteiger partial charge on any atom is -0.491 e. The molecule has 0 amide bonds. The van der Waals surface area contributed by atoms with E-state index in [9.17, 15) is 9.90 Å². The van der Waals surface area contributed by atoms with Crippen LogP contribution in [0.5, 0.6) is 5.75 Å². The quantitative estimate of drug-likeness (QED) is 0.818. The summed E-state index contributed by atoms with van der Waals surface area (Å²) in [6, 6.07) is 7.24. The van der Waals surface area contributed by atoms with Crippen LogP contribution in [0.1, 0.15) is 13.3 Å². The molecule has 1 aromatic carbocycles. The number of ether oxygens (including phenoxy) is 2. The van der Waals surface area contributed by atoms with E-state index >= 15 is 0 Å². The Bertz CT molecular complexity index is 350. The van der Waals surface area contributed by atoms with Gasteiger partial charge in [-0.2, -0.15) is 0 Å². The Morgan fingerprint density at radius 1 is 1.41 bits per heavy atom. The van der Waals surface area contributed by atoms with Crippen molar-refractivity contribution >= 4 is 21.9 Å². The molecular formula is C12H15BrO4. The summed E-state index contributed by atoms with van der Waals surface area (Å²) in [7, 11) is 0. The first-order valence-electron chi connectivity index (χ1n) is 5.34. The molecule has 0 saturated carbocycles. The van der Waals surface area contributed by atoms with Crippen molar-refractivity contribution in [2.45, 2.75) is 19.4 Å². The molecule has 1 aromatic rings. The van der Waals surface area contributed by atoms with Crippen LogP contribution in [0, 0.1) is 0 Å². The van der Waals surface area contributed by atoms with Crippen LogP contribution in [0.3, 0.4) is 0 Å². The Kier molecular flexibility index (Phi) is 6.00. The van der Waals surface area contributed by atoms with Crippen molar-refractivity contribution in [3.8, 4) is 5.75 Å². The molecule has 5 heteroatoms. The van der Waals surface area contributed by atoms with Crippen LogP contribution < -0.4 is 4.74 Å². The van der Waals surface area contributed by atoms with Gasteiger partial charge in [-0.1, -0.05) is 15.9 Å². The average Bonchev–Trinajstić information content (AvgIpc) is 2.28. The van der Waals surface area contributed by atoms with E-state index in [-0.39, 0.29) is 13.0 Å². The molecule has 0 aliphatic heterocycles. The Morgan fingerprint density at radius 3 is 2.65 bits per heavy atom. The van der Waals surface area contributed by atoms with E-state index in [2.05, 4.69) is 15.9 Å². The monoisotopic (exact) mass is 302 g/mol. The van der Waals surface area contributed by atoms with Crippen molar-refractivity contribution in [1.82, 2.24) is 0 Å². The first kappa shape index (κ1) is 14.0. The van der Waals surface area contributed by atoms with Crippen LogP contribution in [0.15, 0.2) is 28.7 Å². The van der Waals surface area contributed by atoms with Gasteiger partial charge in [-0.3, -0.25) is 4.79 Å². The molecule has 1 atom stereocenters. The number of aliphatic hydroxyl groups excluding tert-OH is 1. The lowest BCUT2D eigenvalue weighted by atomic mass is 10.3. The number of carbonyl (C=O) groups excluding carboxylic acids is 1. The SMILES string of the molecule is CCOC(=O)CC(O)COc1ccc(Br)cc1. The fraction of sp³-hybridized carbons (Fsp3) is 0.417. The Morgan fingerprint density at radius 2 is 2.06 bits per heavy atom. The molecule has 1 rings (SSSR count). The number of benzene rings is 1. The predicted molar refractivity (Wildman–Crippen MR) is 66.9 cm³/mol. The van der Waals surface area contributed by atoms with Crippen LogP contribution in [-0.2, 0) is 9.53 Å². The topological polar surface area (TPSA) is 55.8 Å². The smallest absolute Gasteiger partial charge is 0.308 e. The average molecular weight is 303 g/mol. The maximum Gasteiger partial charge on any atom is 0.308 e. The first-order valence-corrected chi connectivity index (χ1v) is 6.13. The highest BCUT2D eigenvalue weighted by Gasteiger charge is 2.12. The number of hydrogen-bond donors (Lipinski definition) is 1. The molecule has 0 bridgehead atoms. The standard InChI is InChI=1S/C12H15BrO4/c1-2-16-12(15)7-10(14)8-17-11-5-3-9(13)4-6-11/h3-6,10,14H,2,7-8H2,1H3. The van der Waals surface area contributed by atoms with E-state index < -0.39 is 12.1 Å². The van der Waals surface area contributed by atoms with Gasteiger partial charge in [0.25, 0.3) is 0 Å². The lowest BCUT2D eigenvalue weighted by molar-refractivity contribution is -0.145. The summed E-state index contributed by atoms with van der Waals surface area (Å²) < 4.78 is 11.0. The number of carbonyl (C=O) groups is 1. The number of halogens is 1. The zero-order chi connectivity index (χ0) is 12.7. The van der Waals surface area contributed by atoms with Gasteiger partial charge in [0.15, 0.2) is 0 Å². The van der Waals surface area contributed by atoms with Crippen LogP contribution in [0.4, 0.5) is 0 Å². The van der Waals surface area contributed by atoms with Crippen molar-refractivity contribution in [2.75, 3.05) is 13.2 Å². The Balaban J connectivity index is 2.30. The van der Waals surface area contributed by atoms with Crippen LogP contribution in [0.2, 0.25) is 0 Å². The van der Waals surface area contributed by atoms with Gasteiger partial charge in [-0.05, 0) is 31.2 Å². The molecule has 0 spiro atoms. The van der Waals surface area contributed by atoms with E-state index in [0.29, 0.717) is 12.4 Å². The molecule has 94 valence electrons. The second kappa shape index (κ2) is 7.29. The largest absolute Gasteiger partial charge is 0.491 e. The molecule has 0 radical (unpaired) electrons. The molecule has 0 aliphatic rings. The highest BCUT2D eigenvalue weighted by atomic mass is 79.9. The summed E-state index contributed by atoms with van der Waals surface area (Å²) in [4.78, 5) is 11.1. The molecule has 1 N–H and O–H groups in total. The van der Waals surface area contributed by atoms with Crippen LogP contribution in [0.25, 0.3) is 0 Å². The summed E-state index contributed by atoms with van der Waals surface area (Å²) in [5, 5.41) is 9.53. The van der Waals surface area contributed by atoms with Crippen molar-refractivity contribution in [1.29, 1.82) is 0 Å². The molecular weight excluding hydrogens is 288 g/mol. The number of rotatable bonds is 6. The normalized spacial score (nSPS) is 11.9. The summed E-state index contributed by atoms with van der Waals surface area (Å²) >= 11 is 3.31. The number of hydrogen-bond acceptors (Lipinski definition) is 4. The molecule has 0 aromatic heterocycles. The van der Waals surface area contributed by atoms with Gasteiger partial charge in [0.1, 0.15) is 12.4 Å². The Hall–Kier alpha value is -1.07. The second-order valence-corrected chi connectivity index (χ2v) is 4.34. The van der Waals surface area contributed by atoms with E-state index in [4.69, 9.17) is 9.47 Å². The summed E-state index contributed by atoms with van der Waals surface area (Å²) in [6.07, 6.45) is -0.901. The number of aliphatic hydroxyl groups is 1. The summed E-state index contributed by atoms with van der Waals surface area (Å²) in [5.74, 6) is 0.232.